The molecular formula is C24H31ClN2O2S. The first-order chi connectivity index (χ1) is 14.5. The first kappa shape index (κ1) is 24.3. The number of nitrogens with one attached hydrogen (secondary N) is 1. The van der Waals surface area contributed by atoms with Gasteiger partial charge in [-0.05, 0) is 42.7 Å². The molecule has 0 aliphatic heterocycles. The van der Waals surface area contributed by atoms with E-state index in [1.54, 1.807) is 16.7 Å². The minimum atomic E-state index is -0.480. The predicted molar refractivity (Wildman–Crippen MR) is 126 cm³/mol. The average molecular weight is 447 g/mol. The number of thioether (sulfide) groups is 1. The molecule has 30 heavy (non-hydrogen) atoms. The molecule has 4 nitrogen and oxygen atoms in total. The van der Waals surface area contributed by atoms with Gasteiger partial charge in [0.25, 0.3) is 0 Å². The summed E-state index contributed by atoms with van der Waals surface area (Å²) < 4.78 is 0. The van der Waals surface area contributed by atoms with E-state index in [0.29, 0.717) is 36.7 Å². The van der Waals surface area contributed by atoms with E-state index >= 15 is 0 Å². The molecule has 0 bridgehead atoms. The van der Waals surface area contributed by atoms with Crippen molar-refractivity contribution in [2.24, 2.45) is 0 Å². The van der Waals surface area contributed by atoms with Gasteiger partial charge in [0.2, 0.25) is 11.8 Å². The van der Waals surface area contributed by atoms with Gasteiger partial charge in [-0.15, -0.1) is 11.8 Å². The van der Waals surface area contributed by atoms with Gasteiger partial charge >= 0.3 is 0 Å². The number of carbonyl (C=O) groups is 2. The summed E-state index contributed by atoms with van der Waals surface area (Å²) in [6.45, 7) is 5.07. The van der Waals surface area contributed by atoms with Crippen molar-refractivity contribution in [2.45, 2.75) is 57.0 Å². The Morgan fingerprint density at radius 2 is 1.77 bits per heavy atom. The summed E-state index contributed by atoms with van der Waals surface area (Å²) in [5, 5.41) is 3.64. The Morgan fingerprint density at radius 1 is 1.07 bits per heavy atom. The molecule has 0 aromatic heterocycles. The number of benzene rings is 2. The Bertz CT molecular complexity index is 784. The Balaban J connectivity index is 2.08. The monoisotopic (exact) mass is 446 g/mol. The Labute approximate surface area is 189 Å². The zero-order chi connectivity index (χ0) is 21.8. The maximum absolute atomic E-state index is 13.1. The van der Waals surface area contributed by atoms with Crippen LogP contribution in [0.5, 0.6) is 0 Å². The van der Waals surface area contributed by atoms with E-state index in [-0.39, 0.29) is 11.8 Å². The van der Waals surface area contributed by atoms with Crippen LogP contribution in [-0.2, 0) is 16.1 Å². The third kappa shape index (κ3) is 8.04. The highest BCUT2D eigenvalue weighted by molar-refractivity contribution is 7.99. The minimum absolute atomic E-state index is 0.00845. The molecule has 1 unspecified atom stereocenters. The second kappa shape index (κ2) is 13.3. The van der Waals surface area contributed by atoms with Gasteiger partial charge in [0.05, 0.1) is 0 Å². The highest BCUT2D eigenvalue weighted by Crippen LogP contribution is 2.20. The van der Waals surface area contributed by atoms with Crippen molar-refractivity contribution in [3.63, 3.8) is 0 Å². The SMILES string of the molecule is CCCCNC(=O)C(CC)N(Cc1ccc(Cl)cc1)C(=O)CCSc1ccccc1. The largest absolute Gasteiger partial charge is 0.354 e. The van der Waals surface area contributed by atoms with Gasteiger partial charge < -0.3 is 10.2 Å². The molecule has 0 saturated heterocycles. The van der Waals surface area contributed by atoms with Gasteiger partial charge in [-0.2, -0.15) is 0 Å². The van der Waals surface area contributed by atoms with Crippen molar-refractivity contribution in [2.75, 3.05) is 12.3 Å². The standard InChI is InChI=1S/C24H31ClN2O2S/c1-3-5-16-26-24(29)22(4-2)27(18-19-11-13-20(25)14-12-19)23(28)15-17-30-21-9-7-6-8-10-21/h6-14,22H,3-5,15-18H2,1-2H3,(H,26,29). The Hall–Kier alpha value is -1.98. The fourth-order valence-electron chi connectivity index (χ4n) is 3.13. The second-order valence-corrected chi connectivity index (χ2v) is 8.73. The molecule has 0 spiro atoms. The number of unbranched alkanes of at least 4 members (excludes halogenated alkanes) is 1. The maximum Gasteiger partial charge on any atom is 0.242 e. The van der Waals surface area contributed by atoms with Crippen molar-refractivity contribution >= 4 is 35.2 Å². The van der Waals surface area contributed by atoms with Crippen molar-refractivity contribution in [1.82, 2.24) is 10.2 Å². The van der Waals surface area contributed by atoms with Crippen LogP contribution in [0.2, 0.25) is 5.02 Å². The lowest BCUT2D eigenvalue weighted by Gasteiger charge is -2.30. The third-order valence-corrected chi connectivity index (χ3v) is 6.08. The fraction of sp³-hybridized carbons (Fsp3) is 0.417. The summed E-state index contributed by atoms with van der Waals surface area (Å²) in [4.78, 5) is 28.8. The topological polar surface area (TPSA) is 49.4 Å². The van der Waals surface area contributed by atoms with Crippen LogP contribution in [0, 0.1) is 0 Å². The van der Waals surface area contributed by atoms with E-state index in [9.17, 15) is 9.59 Å². The van der Waals surface area contributed by atoms with Gasteiger partial charge in [0.1, 0.15) is 6.04 Å². The van der Waals surface area contributed by atoms with Crippen LogP contribution < -0.4 is 5.32 Å². The quantitative estimate of drug-likeness (QED) is 0.343. The summed E-state index contributed by atoms with van der Waals surface area (Å²) in [7, 11) is 0. The van der Waals surface area contributed by atoms with Crippen molar-refractivity contribution < 1.29 is 9.59 Å². The Kier molecular flexibility index (Phi) is 10.8. The molecule has 0 aliphatic carbocycles. The number of carbonyl (C=O) groups excluding carboxylic acids is 2. The molecule has 0 aliphatic rings. The van der Waals surface area contributed by atoms with E-state index in [2.05, 4.69) is 12.2 Å². The van der Waals surface area contributed by atoms with Gasteiger partial charge in [0.15, 0.2) is 0 Å². The highest BCUT2D eigenvalue weighted by Gasteiger charge is 2.28. The average Bonchev–Trinajstić information content (AvgIpc) is 2.76. The molecule has 2 aromatic rings. The summed E-state index contributed by atoms with van der Waals surface area (Å²) in [6, 6.07) is 17.0. The summed E-state index contributed by atoms with van der Waals surface area (Å²) >= 11 is 7.65. The highest BCUT2D eigenvalue weighted by atomic mass is 35.5. The molecule has 1 N–H and O–H groups in total. The van der Waals surface area contributed by atoms with E-state index in [4.69, 9.17) is 11.6 Å². The van der Waals surface area contributed by atoms with E-state index in [1.807, 2.05) is 61.5 Å². The number of amides is 2. The number of hydrogen-bond donors (Lipinski definition) is 1. The van der Waals surface area contributed by atoms with Crippen LogP contribution >= 0.6 is 23.4 Å². The number of rotatable bonds is 12. The first-order valence-corrected chi connectivity index (χ1v) is 11.9. The van der Waals surface area contributed by atoms with Gasteiger partial charge in [-0.1, -0.05) is 62.2 Å². The number of halogens is 1. The van der Waals surface area contributed by atoms with Gasteiger partial charge in [0, 0.05) is 35.2 Å². The summed E-state index contributed by atoms with van der Waals surface area (Å²) in [5.74, 6) is 0.586. The van der Waals surface area contributed by atoms with Crippen molar-refractivity contribution in [1.29, 1.82) is 0 Å². The normalized spacial score (nSPS) is 11.7. The number of nitrogens with zero attached hydrogens (tertiary/aromatic N) is 1. The second-order valence-electron chi connectivity index (χ2n) is 7.13. The van der Waals surface area contributed by atoms with E-state index < -0.39 is 6.04 Å². The molecule has 2 amide bonds. The summed E-state index contributed by atoms with van der Waals surface area (Å²) in [6.07, 6.45) is 2.90. The van der Waals surface area contributed by atoms with Crippen LogP contribution in [-0.4, -0.2) is 35.1 Å². The van der Waals surface area contributed by atoms with Gasteiger partial charge in [-0.3, -0.25) is 9.59 Å². The van der Waals surface area contributed by atoms with Crippen LogP contribution in [0.3, 0.4) is 0 Å². The van der Waals surface area contributed by atoms with Gasteiger partial charge in [-0.25, -0.2) is 0 Å². The van der Waals surface area contributed by atoms with Crippen LogP contribution in [0.1, 0.15) is 45.1 Å². The molecule has 0 heterocycles. The molecule has 2 rings (SSSR count). The molecule has 0 fully saturated rings. The number of hydrogen-bond acceptors (Lipinski definition) is 3. The lowest BCUT2D eigenvalue weighted by atomic mass is 10.1. The molecule has 2 aromatic carbocycles. The Morgan fingerprint density at radius 3 is 2.40 bits per heavy atom. The molecular weight excluding hydrogens is 416 g/mol. The molecule has 0 saturated carbocycles. The van der Waals surface area contributed by atoms with E-state index in [0.717, 1.165) is 23.3 Å². The molecule has 6 heteroatoms. The zero-order valence-corrected chi connectivity index (χ0v) is 19.3. The van der Waals surface area contributed by atoms with Crippen LogP contribution in [0.15, 0.2) is 59.5 Å². The summed E-state index contributed by atoms with van der Waals surface area (Å²) in [5.41, 5.74) is 0.961. The van der Waals surface area contributed by atoms with Crippen molar-refractivity contribution in [3.05, 3.63) is 65.2 Å². The molecule has 1 atom stereocenters. The van der Waals surface area contributed by atoms with E-state index in [1.165, 1.54) is 0 Å². The van der Waals surface area contributed by atoms with Crippen LogP contribution in [0.4, 0.5) is 0 Å². The maximum atomic E-state index is 13.1. The fourth-order valence-corrected chi connectivity index (χ4v) is 4.12. The molecule has 162 valence electrons. The van der Waals surface area contributed by atoms with Crippen molar-refractivity contribution in [3.8, 4) is 0 Å². The third-order valence-electron chi connectivity index (χ3n) is 4.81. The lowest BCUT2D eigenvalue weighted by Crippen LogP contribution is -2.49. The first-order valence-electron chi connectivity index (χ1n) is 10.5. The van der Waals surface area contributed by atoms with Crippen LogP contribution in [0.25, 0.3) is 0 Å². The predicted octanol–water partition coefficient (Wildman–Crippen LogP) is 5.55. The molecule has 0 radical (unpaired) electrons. The lowest BCUT2D eigenvalue weighted by molar-refractivity contribution is -0.141. The minimum Gasteiger partial charge on any atom is -0.354 e. The zero-order valence-electron chi connectivity index (χ0n) is 17.8. The smallest absolute Gasteiger partial charge is 0.242 e.